The first-order valence-electron chi connectivity index (χ1n) is 10.3. The largest absolute Gasteiger partial charge is 0.192 e. The van der Waals surface area contributed by atoms with Crippen molar-refractivity contribution in [3.63, 3.8) is 0 Å². The zero-order valence-corrected chi connectivity index (χ0v) is 15.9. The van der Waals surface area contributed by atoms with Crippen molar-refractivity contribution in [2.75, 3.05) is 0 Å². The van der Waals surface area contributed by atoms with Gasteiger partial charge in [0, 0.05) is 0 Å². The van der Waals surface area contributed by atoms with Crippen molar-refractivity contribution in [2.45, 2.75) is 70.1 Å². The lowest BCUT2D eigenvalue weighted by molar-refractivity contribution is 0.0308. The fraction of sp³-hybridized carbons (Fsp3) is 0.480. The van der Waals surface area contributed by atoms with E-state index in [1.165, 1.54) is 68.9 Å². The number of unbranched alkanes of at least 4 members (excludes halogenated alkanes) is 1. The van der Waals surface area contributed by atoms with Crippen molar-refractivity contribution in [1.82, 2.24) is 0 Å². The molecular formula is C25H29N. The summed E-state index contributed by atoms with van der Waals surface area (Å²) in [4.78, 5) is 0. The fourth-order valence-electron chi connectivity index (χ4n) is 5.38. The summed E-state index contributed by atoms with van der Waals surface area (Å²) in [6.45, 7) is 2.32. The van der Waals surface area contributed by atoms with Crippen LogP contribution in [0.2, 0.25) is 0 Å². The highest BCUT2D eigenvalue weighted by molar-refractivity contribution is 5.64. The van der Waals surface area contributed by atoms with Crippen LogP contribution in [0.5, 0.6) is 0 Å². The summed E-state index contributed by atoms with van der Waals surface area (Å²) in [7, 11) is 0. The Morgan fingerprint density at radius 1 is 0.808 bits per heavy atom. The summed E-state index contributed by atoms with van der Waals surface area (Å²) in [5.74, 6) is 0. The molecule has 2 aromatic carbocycles. The number of benzene rings is 2. The molecule has 0 atom stereocenters. The molecule has 2 bridgehead atoms. The Labute approximate surface area is 158 Å². The van der Waals surface area contributed by atoms with Gasteiger partial charge < -0.3 is 0 Å². The first kappa shape index (κ1) is 17.3. The van der Waals surface area contributed by atoms with E-state index in [1.54, 1.807) is 5.56 Å². The van der Waals surface area contributed by atoms with E-state index in [1.807, 2.05) is 12.1 Å². The third kappa shape index (κ3) is 3.07. The van der Waals surface area contributed by atoms with Gasteiger partial charge in [0.15, 0.2) is 0 Å². The maximum Gasteiger partial charge on any atom is 0.0991 e. The van der Waals surface area contributed by atoms with Crippen molar-refractivity contribution in [3.05, 3.63) is 59.7 Å². The summed E-state index contributed by atoms with van der Waals surface area (Å²) in [5, 5.41) is 8.96. The van der Waals surface area contributed by atoms with Crippen LogP contribution in [-0.2, 0) is 5.41 Å². The van der Waals surface area contributed by atoms with Gasteiger partial charge in [0.2, 0.25) is 0 Å². The van der Waals surface area contributed by atoms with E-state index in [-0.39, 0.29) is 0 Å². The molecule has 134 valence electrons. The molecule has 0 radical (unpaired) electrons. The van der Waals surface area contributed by atoms with E-state index in [4.69, 9.17) is 5.26 Å². The molecule has 0 unspecified atom stereocenters. The monoisotopic (exact) mass is 343 g/mol. The number of hydrogen-bond acceptors (Lipinski definition) is 1. The number of nitrogens with zero attached hydrogens (tertiary/aromatic N) is 1. The molecular weight excluding hydrogens is 314 g/mol. The predicted molar refractivity (Wildman–Crippen MR) is 108 cm³/mol. The summed E-state index contributed by atoms with van der Waals surface area (Å²) in [6, 6.07) is 19.4. The lowest BCUT2D eigenvalue weighted by Crippen LogP contribution is -2.44. The number of hydrogen-bond donors (Lipinski definition) is 0. The molecule has 0 amide bonds. The van der Waals surface area contributed by atoms with Crippen LogP contribution in [0.4, 0.5) is 0 Å². The van der Waals surface area contributed by atoms with Crippen molar-refractivity contribution in [3.8, 4) is 17.2 Å². The Morgan fingerprint density at radius 2 is 1.35 bits per heavy atom. The summed E-state index contributed by atoms with van der Waals surface area (Å²) in [6.07, 6.45) is 12.7. The van der Waals surface area contributed by atoms with E-state index in [2.05, 4.69) is 49.4 Å². The molecule has 0 aliphatic heterocycles. The Kier molecular flexibility index (Phi) is 4.62. The Bertz CT molecular complexity index is 767. The fourth-order valence-corrected chi connectivity index (χ4v) is 5.38. The third-order valence-corrected chi connectivity index (χ3v) is 7.31. The summed E-state index contributed by atoms with van der Waals surface area (Å²) in [5.41, 5.74) is 5.84. The van der Waals surface area contributed by atoms with Gasteiger partial charge >= 0.3 is 0 Å². The first-order chi connectivity index (χ1) is 12.7. The first-order valence-corrected chi connectivity index (χ1v) is 10.3. The molecule has 2 aromatic rings. The topological polar surface area (TPSA) is 23.8 Å². The van der Waals surface area contributed by atoms with E-state index in [0.717, 1.165) is 5.56 Å². The Morgan fingerprint density at radius 3 is 1.85 bits per heavy atom. The van der Waals surface area contributed by atoms with Gasteiger partial charge in [-0.2, -0.15) is 5.26 Å². The number of rotatable bonds is 5. The van der Waals surface area contributed by atoms with Crippen LogP contribution in [0, 0.1) is 16.7 Å². The van der Waals surface area contributed by atoms with Crippen LogP contribution >= 0.6 is 0 Å². The van der Waals surface area contributed by atoms with Crippen LogP contribution in [0.25, 0.3) is 11.1 Å². The highest BCUT2D eigenvalue weighted by Crippen LogP contribution is 2.59. The van der Waals surface area contributed by atoms with Gasteiger partial charge in [-0.25, -0.2) is 0 Å². The highest BCUT2D eigenvalue weighted by Gasteiger charge is 2.48. The standard InChI is InChI=1S/C25H29N/c1-2-3-12-24-13-16-25(17-14-24,18-15-24)23-10-8-22(9-11-23)21-6-4-20(19-26)5-7-21/h4-11H,2-3,12-18H2,1H3. The lowest BCUT2D eigenvalue weighted by Gasteiger charge is -2.54. The second-order valence-electron chi connectivity index (χ2n) is 8.65. The average Bonchev–Trinajstić information content (AvgIpc) is 2.74. The highest BCUT2D eigenvalue weighted by atomic mass is 14.5. The van der Waals surface area contributed by atoms with Crippen LogP contribution in [0.3, 0.4) is 0 Å². The smallest absolute Gasteiger partial charge is 0.0991 e. The molecule has 3 aliphatic carbocycles. The Balaban J connectivity index is 1.50. The van der Waals surface area contributed by atoms with Crippen LogP contribution in [-0.4, -0.2) is 0 Å². The van der Waals surface area contributed by atoms with Crippen LogP contribution < -0.4 is 0 Å². The quantitative estimate of drug-likeness (QED) is 0.573. The molecule has 0 saturated heterocycles. The van der Waals surface area contributed by atoms with E-state index in [0.29, 0.717) is 10.8 Å². The maximum atomic E-state index is 8.96. The van der Waals surface area contributed by atoms with Crippen LogP contribution in [0.15, 0.2) is 48.5 Å². The van der Waals surface area contributed by atoms with Gasteiger partial charge in [-0.05, 0) is 84.6 Å². The van der Waals surface area contributed by atoms with Crippen LogP contribution in [0.1, 0.15) is 75.8 Å². The minimum atomic E-state index is 0.442. The van der Waals surface area contributed by atoms with E-state index < -0.39 is 0 Å². The van der Waals surface area contributed by atoms with Crippen molar-refractivity contribution >= 4 is 0 Å². The normalized spacial score (nSPS) is 27.2. The molecule has 3 aliphatic rings. The molecule has 1 heteroatoms. The van der Waals surface area contributed by atoms with Gasteiger partial charge in [-0.1, -0.05) is 56.2 Å². The average molecular weight is 344 g/mol. The zero-order chi connectivity index (χ0) is 18.0. The molecule has 3 fully saturated rings. The SMILES string of the molecule is CCCCC12CCC(c3ccc(-c4ccc(C#N)cc4)cc3)(CC1)CC2. The van der Waals surface area contributed by atoms with E-state index >= 15 is 0 Å². The molecule has 0 heterocycles. The van der Waals surface area contributed by atoms with Gasteiger partial charge in [-0.15, -0.1) is 0 Å². The van der Waals surface area contributed by atoms with Crippen molar-refractivity contribution in [2.24, 2.45) is 5.41 Å². The molecule has 0 aromatic heterocycles. The zero-order valence-electron chi connectivity index (χ0n) is 15.9. The Hall–Kier alpha value is -2.07. The number of fused-ring (bicyclic) bond motifs is 3. The predicted octanol–water partition coefficient (Wildman–Crippen LogP) is 7.01. The second kappa shape index (κ2) is 6.92. The van der Waals surface area contributed by atoms with Gasteiger partial charge in [0.05, 0.1) is 11.6 Å². The minimum Gasteiger partial charge on any atom is -0.192 e. The third-order valence-electron chi connectivity index (χ3n) is 7.31. The van der Waals surface area contributed by atoms with Gasteiger partial charge in [-0.3, -0.25) is 0 Å². The van der Waals surface area contributed by atoms with E-state index in [9.17, 15) is 0 Å². The molecule has 1 nitrogen and oxygen atoms in total. The van der Waals surface area contributed by atoms with Gasteiger partial charge in [0.25, 0.3) is 0 Å². The number of nitriles is 1. The molecule has 5 rings (SSSR count). The molecule has 0 spiro atoms. The maximum absolute atomic E-state index is 8.96. The van der Waals surface area contributed by atoms with Crippen molar-refractivity contribution < 1.29 is 0 Å². The van der Waals surface area contributed by atoms with Gasteiger partial charge in [0.1, 0.15) is 0 Å². The molecule has 26 heavy (non-hydrogen) atoms. The second-order valence-corrected chi connectivity index (χ2v) is 8.65. The lowest BCUT2D eigenvalue weighted by atomic mass is 9.51. The molecule has 0 N–H and O–H groups in total. The van der Waals surface area contributed by atoms with Crippen molar-refractivity contribution in [1.29, 1.82) is 5.26 Å². The minimum absolute atomic E-state index is 0.442. The summed E-state index contributed by atoms with van der Waals surface area (Å²) >= 11 is 0. The summed E-state index contributed by atoms with van der Waals surface area (Å²) < 4.78 is 0. The molecule has 3 saturated carbocycles.